The largest absolute Gasteiger partial charge is 0.495 e. The highest BCUT2D eigenvalue weighted by molar-refractivity contribution is 14.1. The number of rotatable bonds is 3. The lowest BCUT2D eigenvalue weighted by molar-refractivity contribution is -0.113. The number of carbonyl (C=O) groups is 1. The van der Waals surface area contributed by atoms with Crippen molar-refractivity contribution in [1.82, 2.24) is 0 Å². The monoisotopic (exact) mass is 597 g/mol. The molecule has 1 aliphatic heterocycles. The number of hydrogen-bond donors (Lipinski definition) is 0. The number of ether oxygens (including phenoxy) is 1. The van der Waals surface area contributed by atoms with E-state index in [1.54, 1.807) is 25.3 Å². The van der Waals surface area contributed by atoms with Crippen molar-refractivity contribution in [3.8, 4) is 5.75 Å². The summed E-state index contributed by atoms with van der Waals surface area (Å²) in [6.45, 7) is 0. The van der Waals surface area contributed by atoms with E-state index in [0.29, 0.717) is 20.7 Å². The van der Waals surface area contributed by atoms with Crippen LogP contribution in [-0.4, -0.2) is 17.3 Å². The molecule has 1 saturated heterocycles. The van der Waals surface area contributed by atoms with Crippen LogP contribution in [0, 0.1) is 13.0 Å². The first-order chi connectivity index (χ1) is 11.9. The van der Waals surface area contributed by atoms with Crippen LogP contribution in [0.5, 0.6) is 5.75 Å². The lowest BCUT2D eigenvalue weighted by atomic mass is 10.2. The second-order valence-electron chi connectivity index (χ2n) is 5.01. The Balaban J connectivity index is 2.02. The smallest absolute Gasteiger partial charge is 0.270 e. The first-order valence-corrected chi connectivity index (χ1v) is 10.4. The molecule has 128 valence electrons. The minimum Gasteiger partial charge on any atom is -0.495 e. The van der Waals surface area contributed by atoms with Gasteiger partial charge in [0.15, 0.2) is 4.32 Å². The van der Waals surface area contributed by atoms with Crippen LogP contribution in [0.4, 0.5) is 10.1 Å². The number of halogens is 3. The van der Waals surface area contributed by atoms with E-state index < -0.39 is 5.82 Å². The van der Waals surface area contributed by atoms with Crippen LogP contribution in [0.25, 0.3) is 6.08 Å². The first kappa shape index (κ1) is 19.1. The average molecular weight is 597 g/mol. The van der Waals surface area contributed by atoms with Gasteiger partial charge >= 0.3 is 0 Å². The van der Waals surface area contributed by atoms with Crippen LogP contribution in [0.3, 0.4) is 0 Å². The van der Waals surface area contributed by atoms with Gasteiger partial charge in [-0.15, -0.1) is 0 Å². The summed E-state index contributed by atoms with van der Waals surface area (Å²) in [5, 5.41) is 0. The zero-order chi connectivity index (χ0) is 18.1. The third-order valence-electron chi connectivity index (χ3n) is 3.39. The molecule has 2 aromatic carbocycles. The maximum Gasteiger partial charge on any atom is 0.270 e. The van der Waals surface area contributed by atoms with E-state index in [4.69, 9.17) is 17.0 Å². The van der Waals surface area contributed by atoms with E-state index in [9.17, 15) is 9.18 Å². The van der Waals surface area contributed by atoms with Gasteiger partial charge in [-0.05, 0) is 81.6 Å². The molecule has 1 heterocycles. The van der Waals surface area contributed by atoms with E-state index in [2.05, 4.69) is 45.2 Å². The molecule has 0 bridgehead atoms. The van der Waals surface area contributed by atoms with E-state index in [-0.39, 0.29) is 5.91 Å². The summed E-state index contributed by atoms with van der Waals surface area (Å²) < 4.78 is 21.3. The molecule has 0 N–H and O–H groups in total. The minimum absolute atomic E-state index is 0.267. The predicted molar refractivity (Wildman–Crippen MR) is 120 cm³/mol. The van der Waals surface area contributed by atoms with Crippen molar-refractivity contribution in [3.63, 3.8) is 0 Å². The summed E-state index contributed by atoms with van der Waals surface area (Å²) in [6, 6.07) is 9.77. The van der Waals surface area contributed by atoms with Crippen LogP contribution in [0.1, 0.15) is 5.56 Å². The summed E-state index contributed by atoms with van der Waals surface area (Å²) in [7, 11) is 1.60. The molecule has 25 heavy (non-hydrogen) atoms. The summed E-state index contributed by atoms with van der Waals surface area (Å²) in [5.74, 6) is 0.0259. The Hall–Kier alpha value is -0.720. The highest BCUT2D eigenvalue weighted by Gasteiger charge is 2.33. The number of nitrogens with zero attached hydrogens (tertiary/aromatic N) is 1. The average Bonchev–Trinajstić information content (AvgIpc) is 2.81. The predicted octanol–water partition coefficient (Wildman–Crippen LogP) is 5.45. The molecule has 1 aliphatic rings. The fourth-order valence-corrected chi connectivity index (χ4v) is 5.75. The van der Waals surface area contributed by atoms with Crippen molar-refractivity contribution >= 4 is 91.2 Å². The number of anilines is 1. The topological polar surface area (TPSA) is 29.5 Å². The molecule has 0 radical (unpaired) electrons. The maximum absolute atomic E-state index is 13.5. The number of thioether (sulfide) groups is 1. The fourth-order valence-electron chi connectivity index (χ4n) is 2.35. The Kier molecular flexibility index (Phi) is 6.01. The van der Waals surface area contributed by atoms with Crippen LogP contribution in [-0.2, 0) is 4.79 Å². The number of hydrogen-bond acceptors (Lipinski definition) is 4. The zero-order valence-electron chi connectivity index (χ0n) is 12.8. The Morgan fingerprint density at radius 1 is 1.28 bits per heavy atom. The molecule has 1 fully saturated rings. The molecule has 0 spiro atoms. The highest BCUT2D eigenvalue weighted by atomic mass is 127. The van der Waals surface area contributed by atoms with Gasteiger partial charge < -0.3 is 4.74 Å². The molecule has 0 atom stereocenters. The normalized spacial score (nSPS) is 16.0. The number of benzene rings is 2. The molecule has 0 aromatic heterocycles. The van der Waals surface area contributed by atoms with Crippen molar-refractivity contribution in [3.05, 3.63) is 59.8 Å². The standard InChI is InChI=1S/C17H10FI2NO2S2/c1-23-15-9(5-11(19)8-13(15)20)6-14-16(22)21(17(24)25-14)12-4-2-3-10(18)7-12/h2-8H,1H3/b14-6-. The van der Waals surface area contributed by atoms with Gasteiger partial charge in [-0.25, -0.2) is 4.39 Å². The van der Waals surface area contributed by atoms with Gasteiger partial charge in [-0.1, -0.05) is 30.0 Å². The number of thiocarbonyl (C=S) groups is 1. The molecule has 0 aliphatic carbocycles. The first-order valence-electron chi connectivity index (χ1n) is 6.97. The van der Waals surface area contributed by atoms with Gasteiger partial charge in [0.05, 0.1) is 21.3 Å². The molecular formula is C17H10FI2NO2S2. The molecule has 3 nitrogen and oxygen atoms in total. The SMILES string of the molecule is COc1c(I)cc(I)cc1/C=C1\SC(=S)N(c2cccc(F)c2)C1=O. The Morgan fingerprint density at radius 2 is 2.04 bits per heavy atom. The number of amides is 1. The summed E-state index contributed by atoms with van der Waals surface area (Å²) in [4.78, 5) is 14.6. The summed E-state index contributed by atoms with van der Waals surface area (Å²) in [6.07, 6.45) is 1.77. The van der Waals surface area contributed by atoms with Crippen LogP contribution in [0.2, 0.25) is 0 Å². The third kappa shape index (κ3) is 4.01. The molecule has 8 heteroatoms. The van der Waals surface area contributed by atoms with Crippen molar-refractivity contribution in [2.75, 3.05) is 12.0 Å². The number of carbonyl (C=O) groups excluding carboxylic acids is 1. The minimum atomic E-state index is -0.413. The highest BCUT2D eigenvalue weighted by Crippen LogP contribution is 2.38. The Bertz CT molecular complexity index is 918. The zero-order valence-corrected chi connectivity index (χ0v) is 18.7. The Morgan fingerprint density at radius 3 is 2.72 bits per heavy atom. The number of methoxy groups -OCH3 is 1. The molecule has 1 amide bonds. The quantitative estimate of drug-likeness (QED) is 0.268. The molecule has 0 saturated carbocycles. The van der Waals surface area contributed by atoms with Gasteiger partial charge in [0.25, 0.3) is 5.91 Å². The molecule has 2 aromatic rings. The van der Waals surface area contributed by atoms with Gasteiger partial charge in [0, 0.05) is 9.13 Å². The van der Waals surface area contributed by atoms with Gasteiger partial charge in [0.2, 0.25) is 0 Å². The fraction of sp³-hybridized carbons (Fsp3) is 0.0588. The van der Waals surface area contributed by atoms with Gasteiger partial charge in [-0.3, -0.25) is 9.69 Å². The van der Waals surface area contributed by atoms with E-state index in [0.717, 1.165) is 12.7 Å². The molecular weight excluding hydrogens is 587 g/mol. The van der Waals surface area contributed by atoms with E-state index in [1.165, 1.54) is 28.8 Å². The van der Waals surface area contributed by atoms with Crippen molar-refractivity contribution in [2.45, 2.75) is 0 Å². The van der Waals surface area contributed by atoms with Crippen molar-refractivity contribution in [2.24, 2.45) is 0 Å². The summed E-state index contributed by atoms with van der Waals surface area (Å²) >= 11 is 10.9. The Labute approximate surface area is 181 Å². The van der Waals surface area contributed by atoms with Crippen molar-refractivity contribution in [1.29, 1.82) is 0 Å². The lowest BCUT2D eigenvalue weighted by Crippen LogP contribution is -2.27. The van der Waals surface area contributed by atoms with Crippen molar-refractivity contribution < 1.29 is 13.9 Å². The lowest BCUT2D eigenvalue weighted by Gasteiger charge is -2.14. The van der Waals surface area contributed by atoms with Crippen LogP contribution < -0.4 is 9.64 Å². The third-order valence-corrected chi connectivity index (χ3v) is 6.11. The second kappa shape index (κ2) is 7.89. The molecule has 0 unspecified atom stereocenters. The van der Waals surface area contributed by atoms with Gasteiger partial charge in [-0.2, -0.15) is 0 Å². The van der Waals surface area contributed by atoms with Gasteiger partial charge in [0.1, 0.15) is 11.6 Å². The van der Waals surface area contributed by atoms with Crippen LogP contribution >= 0.6 is 69.2 Å². The second-order valence-corrected chi connectivity index (χ2v) is 9.09. The summed E-state index contributed by atoms with van der Waals surface area (Å²) in [5.41, 5.74) is 1.23. The van der Waals surface area contributed by atoms with E-state index >= 15 is 0 Å². The molecule has 3 rings (SSSR count). The van der Waals surface area contributed by atoms with E-state index in [1.807, 2.05) is 12.1 Å². The maximum atomic E-state index is 13.5. The van der Waals surface area contributed by atoms with Crippen LogP contribution in [0.15, 0.2) is 41.3 Å².